The largest absolute Gasteiger partial charge is 0.373 e. The van der Waals surface area contributed by atoms with Gasteiger partial charge in [-0.1, -0.05) is 0 Å². The van der Waals surface area contributed by atoms with E-state index in [1.165, 1.54) is 19.4 Å². The third-order valence-electron chi connectivity index (χ3n) is 2.59. The van der Waals surface area contributed by atoms with Crippen LogP contribution in [0.2, 0.25) is 0 Å². The second-order valence-electron chi connectivity index (χ2n) is 3.58. The Hall–Kier alpha value is -0.0800. The van der Waals surface area contributed by atoms with Gasteiger partial charge in [-0.05, 0) is 13.8 Å². The average molecular weight is 144 g/mol. The summed E-state index contributed by atoms with van der Waals surface area (Å²) in [5, 5.41) is 2.39. The summed E-state index contributed by atoms with van der Waals surface area (Å²) in [6, 6.07) is 0.678. The fourth-order valence-electron chi connectivity index (χ4n) is 1.56. The molecule has 2 nitrogen and oxygen atoms in total. The van der Waals surface area contributed by atoms with E-state index in [9.17, 15) is 0 Å². The molecular formula is C8H18NO+. The summed E-state index contributed by atoms with van der Waals surface area (Å²) >= 11 is 0. The van der Waals surface area contributed by atoms with Gasteiger partial charge in [0.25, 0.3) is 0 Å². The van der Waals surface area contributed by atoms with Crippen LogP contribution < -0.4 is 5.32 Å². The molecule has 10 heavy (non-hydrogen) atoms. The van der Waals surface area contributed by atoms with Gasteiger partial charge in [0.2, 0.25) is 0 Å². The zero-order valence-corrected chi connectivity index (χ0v) is 7.18. The first-order chi connectivity index (χ1) is 4.67. The van der Waals surface area contributed by atoms with E-state index in [1.807, 2.05) is 0 Å². The summed E-state index contributed by atoms with van der Waals surface area (Å²) < 4.78 is 5.39. The van der Waals surface area contributed by atoms with Gasteiger partial charge in [0, 0.05) is 20.0 Å². The van der Waals surface area contributed by atoms with Crippen molar-refractivity contribution in [3.05, 3.63) is 0 Å². The van der Waals surface area contributed by atoms with Crippen molar-refractivity contribution in [2.75, 3.05) is 13.7 Å². The minimum absolute atomic E-state index is 0.0660. The standard InChI is InChI=1S/C8H17NO/c1-8(2,10-3)7-5-4-6-9-7/h7,9H,4-6H2,1-3H3/p+1/t7-/m1/s1. The van der Waals surface area contributed by atoms with Crippen molar-refractivity contribution in [3.63, 3.8) is 0 Å². The third-order valence-corrected chi connectivity index (χ3v) is 2.59. The first kappa shape index (κ1) is 8.02. The number of ether oxygens (including phenoxy) is 1. The molecule has 1 saturated heterocycles. The maximum atomic E-state index is 5.39. The van der Waals surface area contributed by atoms with Crippen LogP contribution in [0.1, 0.15) is 26.7 Å². The molecule has 1 atom stereocenters. The Kier molecular flexibility index (Phi) is 2.32. The van der Waals surface area contributed by atoms with E-state index in [0.717, 1.165) is 0 Å². The molecule has 0 spiro atoms. The molecule has 2 heteroatoms. The highest BCUT2D eigenvalue weighted by Gasteiger charge is 2.34. The lowest BCUT2D eigenvalue weighted by Gasteiger charge is -2.26. The lowest BCUT2D eigenvalue weighted by atomic mass is 9.97. The number of nitrogens with two attached hydrogens (primary N) is 1. The fraction of sp³-hybridized carbons (Fsp3) is 1.00. The molecule has 1 aliphatic rings. The van der Waals surface area contributed by atoms with Gasteiger partial charge in [0.1, 0.15) is 11.6 Å². The van der Waals surface area contributed by atoms with Gasteiger partial charge in [-0.2, -0.15) is 0 Å². The molecule has 0 aliphatic carbocycles. The quantitative estimate of drug-likeness (QED) is 0.586. The Morgan fingerprint density at radius 3 is 2.60 bits per heavy atom. The van der Waals surface area contributed by atoms with Crippen molar-refractivity contribution in [2.45, 2.75) is 38.3 Å². The van der Waals surface area contributed by atoms with E-state index in [0.29, 0.717) is 6.04 Å². The molecular weight excluding hydrogens is 126 g/mol. The molecule has 2 N–H and O–H groups in total. The number of rotatable bonds is 2. The van der Waals surface area contributed by atoms with Crippen LogP contribution in [0.15, 0.2) is 0 Å². The highest BCUT2D eigenvalue weighted by Crippen LogP contribution is 2.16. The summed E-state index contributed by atoms with van der Waals surface area (Å²) in [4.78, 5) is 0. The SMILES string of the molecule is COC(C)(C)[C@H]1CCC[NH2+]1. The van der Waals surface area contributed by atoms with Crippen LogP contribution in [-0.2, 0) is 4.74 Å². The maximum Gasteiger partial charge on any atom is 0.115 e. The van der Waals surface area contributed by atoms with E-state index in [2.05, 4.69) is 19.2 Å². The van der Waals surface area contributed by atoms with E-state index < -0.39 is 0 Å². The molecule has 0 aromatic heterocycles. The normalized spacial score (nSPS) is 27.3. The predicted octanol–water partition coefficient (Wildman–Crippen LogP) is 0.137. The van der Waals surface area contributed by atoms with E-state index in [4.69, 9.17) is 4.74 Å². The Morgan fingerprint density at radius 2 is 2.20 bits per heavy atom. The molecule has 0 aromatic rings. The monoisotopic (exact) mass is 144 g/mol. The predicted molar refractivity (Wildman–Crippen MR) is 40.9 cm³/mol. The molecule has 0 radical (unpaired) electrons. The summed E-state index contributed by atoms with van der Waals surface area (Å²) in [6.45, 7) is 5.61. The Morgan fingerprint density at radius 1 is 1.50 bits per heavy atom. The molecule has 0 saturated carbocycles. The average Bonchev–Trinajstić information content (AvgIpc) is 2.38. The van der Waals surface area contributed by atoms with Crippen LogP contribution in [-0.4, -0.2) is 25.3 Å². The van der Waals surface area contributed by atoms with Crippen molar-refractivity contribution in [1.82, 2.24) is 0 Å². The van der Waals surface area contributed by atoms with E-state index in [1.54, 1.807) is 7.11 Å². The maximum absolute atomic E-state index is 5.39. The van der Waals surface area contributed by atoms with Gasteiger partial charge in [0.05, 0.1) is 6.54 Å². The van der Waals surface area contributed by atoms with Gasteiger partial charge in [-0.15, -0.1) is 0 Å². The highest BCUT2D eigenvalue weighted by molar-refractivity contribution is 4.79. The third kappa shape index (κ3) is 1.50. The highest BCUT2D eigenvalue weighted by atomic mass is 16.5. The van der Waals surface area contributed by atoms with Crippen molar-refractivity contribution >= 4 is 0 Å². The van der Waals surface area contributed by atoms with Crippen LogP contribution in [0, 0.1) is 0 Å². The second-order valence-corrected chi connectivity index (χ2v) is 3.58. The Balaban J connectivity index is 2.45. The van der Waals surface area contributed by atoms with Crippen LogP contribution in [0.25, 0.3) is 0 Å². The van der Waals surface area contributed by atoms with Gasteiger partial charge >= 0.3 is 0 Å². The zero-order valence-electron chi connectivity index (χ0n) is 7.18. The van der Waals surface area contributed by atoms with Crippen molar-refractivity contribution < 1.29 is 10.1 Å². The Bertz CT molecular complexity index is 106. The van der Waals surface area contributed by atoms with Gasteiger partial charge in [-0.25, -0.2) is 0 Å². The number of methoxy groups -OCH3 is 1. The van der Waals surface area contributed by atoms with Gasteiger partial charge in [-0.3, -0.25) is 0 Å². The molecule has 60 valence electrons. The molecule has 1 fully saturated rings. The molecule has 1 aliphatic heterocycles. The molecule has 0 bridgehead atoms. The zero-order chi connectivity index (χ0) is 7.61. The molecule has 1 rings (SSSR count). The van der Waals surface area contributed by atoms with Crippen molar-refractivity contribution in [2.24, 2.45) is 0 Å². The number of hydrogen-bond donors (Lipinski definition) is 1. The summed E-state index contributed by atoms with van der Waals surface area (Å²) in [5.41, 5.74) is 0.0660. The van der Waals surface area contributed by atoms with Crippen molar-refractivity contribution in [3.8, 4) is 0 Å². The van der Waals surface area contributed by atoms with E-state index in [-0.39, 0.29) is 5.60 Å². The van der Waals surface area contributed by atoms with Gasteiger partial charge in [0.15, 0.2) is 0 Å². The smallest absolute Gasteiger partial charge is 0.115 e. The lowest BCUT2D eigenvalue weighted by Crippen LogP contribution is -2.90. The van der Waals surface area contributed by atoms with Gasteiger partial charge < -0.3 is 10.1 Å². The van der Waals surface area contributed by atoms with Crippen molar-refractivity contribution in [1.29, 1.82) is 0 Å². The first-order valence-corrected chi connectivity index (χ1v) is 4.05. The molecule has 0 amide bonds. The van der Waals surface area contributed by atoms with E-state index >= 15 is 0 Å². The number of hydrogen-bond acceptors (Lipinski definition) is 1. The van der Waals surface area contributed by atoms with Crippen LogP contribution in [0.4, 0.5) is 0 Å². The lowest BCUT2D eigenvalue weighted by molar-refractivity contribution is -0.683. The summed E-state index contributed by atoms with van der Waals surface area (Å²) in [5.74, 6) is 0. The Labute approximate surface area is 63.0 Å². The fourth-order valence-corrected chi connectivity index (χ4v) is 1.56. The minimum Gasteiger partial charge on any atom is -0.373 e. The molecule has 0 unspecified atom stereocenters. The first-order valence-electron chi connectivity index (χ1n) is 4.05. The topological polar surface area (TPSA) is 25.8 Å². The second kappa shape index (κ2) is 2.89. The van der Waals surface area contributed by atoms with Crippen LogP contribution in [0.3, 0.4) is 0 Å². The van der Waals surface area contributed by atoms with Crippen LogP contribution >= 0.6 is 0 Å². The summed E-state index contributed by atoms with van der Waals surface area (Å²) in [7, 11) is 1.80. The minimum atomic E-state index is 0.0660. The number of quaternary nitrogens is 1. The molecule has 0 aromatic carbocycles. The van der Waals surface area contributed by atoms with Crippen LogP contribution in [0.5, 0.6) is 0 Å². The molecule has 1 heterocycles. The summed E-state index contributed by atoms with van der Waals surface area (Å²) in [6.07, 6.45) is 2.65.